The van der Waals surface area contributed by atoms with Crippen molar-refractivity contribution in [1.29, 1.82) is 0 Å². The highest BCUT2D eigenvalue weighted by Crippen LogP contribution is 2.29. The molecule has 3 aromatic rings. The molecular weight excluding hydrogens is 360 g/mol. The molecule has 0 unspecified atom stereocenters. The fourth-order valence-corrected chi connectivity index (χ4v) is 4.09. The number of aryl methyl sites for hydroxylation is 2. The Bertz CT molecular complexity index is 951. The van der Waals surface area contributed by atoms with E-state index < -0.39 is 0 Å². The van der Waals surface area contributed by atoms with E-state index in [1.54, 1.807) is 7.11 Å². The van der Waals surface area contributed by atoms with Gasteiger partial charge in [-0.2, -0.15) is 0 Å². The number of piperidine rings is 1. The van der Waals surface area contributed by atoms with E-state index in [1.807, 2.05) is 32.2 Å². The monoisotopic (exact) mass is 388 g/mol. The van der Waals surface area contributed by atoms with Crippen LogP contribution in [0.25, 0.3) is 0 Å². The summed E-state index contributed by atoms with van der Waals surface area (Å²) in [5.74, 6) is 3.20. The van der Waals surface area contributed by atoms with E-state index in [0.29, 0.717) is 5.92 Å². The molecule has 1 aliphatic rings. The summed E-state index contributed by atoms with van der Waals surface area (Å²) < 4.78 is 5.32. The number of methoxy groups -OCH3 is 1. The number of benzene rings is 1. The maximum absolute atomic E-state index is 5.32. The van der Waals surface area contributed by atoms with Gasteiger partial charge in [-0.1, -0.05) is 18.2 Å². The third-order valence-corrected chi connectivity index (χ3v) is 5.51. The maximum atomic E-state index is 5.32. The number of aromatic nitrogens is 3. The van der Waals surface area contributed by atoms with Crippen LogP contribution in [0.3, 0.4) is 0 Å². The van der Waals surface area contributed by atoms with Crippen molar-refractivity contribution in [2.45, 2.75) is 39.0 Å². The highest BCUT2D eigenvalue weighted by Gasteiger charge is 2.23. The van der Waals surface area contributed by atoms with Gasteiger partial charge in [-0.05, 0) is 62.4 Å². The molecule has 29 heavy (non-hydrogen) atoms. The average Bonchev–Trinajstić information content (AvgIpc) is 2.74. The zero-order valence-electron chi connectivity index (χ0n) is 17.4. The van der Waals surface area contributed by atoms with Crippen LogP contribution in [0.2, 0.25) is 0 Å². The van der Waals surface area contributed by atoms with Crippen LogP contribution in [-0.2, 0) is 6.42 Å². The van der Waals surface area contributed by atoms with E-state index in [1.165, 1.54) is 23.2 Å². The van der Waals surface area contributed by atoms with E-state index in [-0.39, 0.29) is 0 Å². The first-order chi connectivity index (χ1) is 14.1. The minimum Gasteiger partial charge on any atom is -0.497 e. The fourth-order valence-electron chi connectivity index (χ4n) is 4.09. The summed E-state index contributed by atoms with van der Waals surface area (Å²) in [6, 6.07) is 14.7. The third-order valence-electron chi connectivity index (χ3n) is 5.51. The lowest BCUT2D eigenvalue weighted by Crippen LogP contribution is -2.35. The number of ether oxygens (including phenoxy) is 1. The van der Waals surface area contributed by atoms with Gasteiger partial charge in [0.25, 0.3) is 0 Å². The first-order valence-electron chi connectivity index (χ1n) is 10.3. The van der Waals surface area contributed by atoms with Crippen molar-refractivity contribution < 1.29 is 4.74 Å². The number of nitrogens with zero attached hydrogens (tertiary/aromatic N) is 4. The predicted octanol–water partition coefficient (Wildman–Crippen LogP) is 4.47. The van der Waals surface area contributed by atoms with Crippen LogP contribution in [0.1, 0.15) is 47.1 Å². The largest absolute Gasteiger partial charge is 0.497 e. The summed E-state index contributed by atoms with van der Waals surface area (Å²) in [5.41, 5.74) is 4.65. The maximum Gasteiger partial charge on any atom is 0.132 e. The van der Waals surface area contributed by atoms with Crippen molar-refractivity contribution in [2.24, 2.45) is 0 Å². The Labute approximate surface area is 172 Å². The number of hydrogen-bond acceptors (Lipinski definition) is 5. The van der Waals surface area contributed by atoms with Crippen LogP contribution in [0, 0.1) is 13.8 Å². The standard InChI is InChI=1S/C24H28N4O/c1-17-12-24(27-18(2)26-17)28-11-5-7-21(16-28)23-10-9-20(15-25-23)13-19-6-4-8-22(14-19)29-3/h4,6,8-10,12,14-15,21H,5,7,11,13,16H2,1-3H3/t21-/m0/s1. The number of anilines is 1. The lowest BCUT2D eigenvalue weighted by molar-refractivity contribution is 0.414. The normalized spacial score (nSPS) is 16.7. The molecule has 0 aliphatic carbocycles. The van der Waals surface area contributed by atoms with Crippen molar-refractivity contribution >= 4 is 5.82 Å². The average molecular weight is 389 g/mol. The minimum atomic E-state index is 0.435. The molecule has 4 rings (SSSR count). The van der Waals surface area contributed by atoms with Crippen molar-refractivity contribution in [3.05, 3.63) is 77.0 Å². The first kappa shape index (κ1) is 19.4. The Morgan fingerprint density at radius 3 is 2.72 bits per heavy atom. The summed E-state index contributed by atoms with van der Waals surface area (Å²) in [7, 11) is 1.70. The Hall–Kier alpha value is -2.95. The summed E-state index contributed by atoms with van der Waals surface area (Å²) in [6.07, 6.45) is 5.20. The van der Waals surface area contributed by atoms with Gasteiger partial charge in [0.1, 0.15) is 17.4 Å². The molecule has 0 N–H and O–H groups in total. The molecule has 0 radical (unpaired) electrons. The molecule has 0 bridgehead atoms. The molecule has 1 aromatic carbocycles. The molecule has 0 saturated carbocycles. The van der Waals surface area contributed by atoms with Gasteiger partial charge in [-0.3, -0.25) is 4.98 Å². The molecule has 3 heterocycles. The predicted molar refractivity (Wildman–Crippen MR) is 116 cm³/mol. The molecule has 150 valence electrons. The molecule has 5 nitrogen and oxygen atoms in total. The SMILES string of the molecule is COc1cccc(Cc2ccc([C@H]3CCCN(c4cc(C)nc(C)n4)C3)nc2)c1. The van der Waals surface area contributed by atoms with Crippen molar-refractivity contribution in [3.63, 3.8) is 0 Å². The first-order valence-corrected chi connectivity index (χ1v) is 10.3. The van der Waals surface area contributed by atoms with E-state index in [2.05, 4.69) is 45.2 Å². The molecule has 1 aliphatic heterocycles. The topological polar surface area (TPSA) is 51.1 Å². The zero-order chi connectivity index (χ0) is 20.2. The minimum absolute atomic E-state index is 0.435. The van der Waals surface area contributed by atoms with E-state index in [9.17, 15) is 0 Å². The Kier molecular flexibility index (Phi) is 5.74. The van der Waals surface area contributed by atoms with E-state index in [0.717, 1.165) is 49.0 Å². The second-order valence-corrected chi connectivity index (χ2v) is 7.82. The molecule has 1 fully saturated rings. The van der Waals surface area contributed by atoms with Crippen LogP contribution in [0.15, 0.2) is 48.7 Å². The summed E-state index contributed by atoms with van der Waals surface area (Å²) >= 11 is 0. The molecule has 1 atom stereocenters. The van der Waals surface area contributed by atoms with Crippen molar-refractivity contribution in [1.82, 2.24) is 15.0 Å². The summed E-state index contributed by atoms with van der Waals surface area (Å²) in [4.78, 5) is 16.2. The number of pyridine rings is 1. The van der Waals surface area contributed by atoms with Gasteiger partial charge < -0.3 is 9.64 Å². The van der Waals surface area contributed by atoms with Crippen LogP contribution in [-0.4, -0.2) is 35.2 Å². The van der Waals surface area contributed by atoms with Gasteiger partial charge in [0.05, 0.1) is 7.11 Å². The third kappa shape index (κ3) is 4.73. The Morgan fingerprint density at radius 1 is 1.07 bits per heavy atom. The molecular formula is C24H28N4O. The molecule has 2 aromatic heterocycles. The smallest absolute Gasteiger partial charge is 0.132 e. The van der Waals surface area contributed by atoms with Gasteiger partial charge in [0, 0.05) is 42.7 Å². The fraction of sp³-hybridized carbons (Fsp3) is 0.375. The number of hydrogen-bond donors (Lipinski definition) is 0. The van der Waals surface area contributed by atoms with Crippen LogP contribution >= 0.6 is 0 Å². The van der Waals surface area contributed by atoms with E-state index >= 15 is 0 Å². The Morgan fingerprint density at radius 2 is 1.97 bits per heavy atom. The second kappa shape index (κ2) is 8.60. The summed E-state index contributed by atoms with van der Waals surface area (Å²) in [5, 5.41) is 0. The second-order valence-electron chi connectivity index (χ2n) is 7.82. The van der Waals surface area contributed by atoms with Crippen molar-refractivity contribution in [2.75, 3.05) is 25.1 Å². The van der Waals surface area contributed by atoms with Crippen LogP contribution in [0.5, 0.6) is 5.75 Å². The molecule has 5 heteroatoms. The summed E-state index contributed by atoms with van der Waals surface area (Å²) in [6.45, 7) is 5.99. The molecule has 0 spiro atoms. The molecule has 1 saturated heterocycles. The van der Waals surface area contributed by atoms with Crippen LogP contribution in [0.4, 0.5) is 5.82 Å². The van der Waals surface area contributed by atoms with Gasteiger partial charge in [0.15, 0.2) is 0 Å². The highest BCUT2D eigenvalue weighted by atomic mass is 16.5. The lowest BCUT2D eigenvalue weighted by Gasteiger charge is -2.33. The van der Waals surface area contributed by atoms with E-state index in [4.69, 9.17) is 9.72 Å². The number of rotatable bonds is 5. The zero-order valence-corrected chi connectivity index (χ0v) is 17.4. The van der Waals surface area contributed by atoms with Gasteiger partial charge in [-0.25, -0.2) is 9.97 Å². The van der Waals surface area contributed by atoms with Gasteiger partial charge >= 0.3 is 0 Å². The highest BCUT2D eigenvalue weighted by molar-refractivity contribution is 5.41. The Balaban J connectivity index is 1.45. The van der Waals surface area contributed by atoms with Crippen molar-refractivity contribution in [3.8, 4) is 5.75 Å². The van der Waals surface area contributed by atoms with Gasteiger partial charge in [0.2, 0.25) is 0 Å². The molecule has 0 amide bonds. The lowest BCUT2D eigenvalue weighted by atomic mass is 9.93. The van der Waals surface area contributed by atoms with Gasteiger partial charge in [-0.15, -0.1) is 0 Å². The van der Waals surface area contributed by atoms with Crippen LogP contribution < -0.4 is 9.64 Å². The quantitative estimate of drug-likeness (QED) is 0.645.